The summed E-state index contributed by atoms with van der Waals surface area (Å²) in [5, 5.41) is 0.525. The number of amides is 1. The van der Waals surface area contributed by atoms with Gasteiger partial charge < -0.3 is 23.5 Å². The van der Waals surface area contributed by atoms with Crippen LogP contribution in [-0.2, 0) is 17.5 Å². The Bertz CT molecular complexity index is 1090. The fraction of sp³-hybridized carbons (Fsp3) is 0.435. The van der Waals surface area contributed by atoms with E-state index in [1.807, 2.05) is 31.7 Å². The number of piperazine rings is 1. The number of carbonyl (C=O) groups is 1. The van der Waals surface area contributed by atoms with Crippen molar-refractivity contribution in [2.75, 3.05) is 31.1 Å². The SMILES string of the molecule is CC(C)(C)OC(=O)N1CCN(c2cccc3c2cc(C(F)(F)F)n3Cc2ccco2)CC1. The van der Waals surface area contributed by atoms with E-state index in [4.69, 9.17) is 9.15 Å². The minimum atomic E-state index is -4.50. The molecule has 1 aromatic carbocycles. The van der Waals surface area contributed by atoms with Gasteiger partial charge in [0, 0.05) is 37.3 Å². The van der Waals surface area contributed by atoms with Crippen molar-refractivity contribution in [1.29, 1.82) is 0 Å². The maximum Gasteiger partial charge on any atom is 0.431 e. The van der Waals surface area contributed by atoms with Crippen molar-refractivity contribution in [3.63, 3.8) is 0 Å². The molecule has 32 heavy (non-hydrogen) atoms. The van der Waals surface area contributed by atoms with E-state index in [-0.39, 0.29) is 12.6 Å². The number of benzene rings is 1. The van der Waals surface area contributed by atoms with Crippen LogP contribution in [0.15, 0.2) is 47.1 Å². The zero-order chi connectivity index (χ0) is 23.1. The average molecular weight is 449 g/mol. The molecule has 6 nitrogen and oxygen atoms in total. The van der Waals surface area contributed by atoms with Crippen LogP contribution in [0.2, 0.25) is 0 Å². The molecule has 0 spiro atoms. The van der Waals surface area contributed by atoms with Crippen LogP contribution in [0.3, 0.4) is 0 Å². The van der Waals surface area contributed by atoms with Crippen molar-refractivity contribution >= 4 is 22.7 Å². The highest BCUT2D eigenvalue weighted by Crippen LogP contribution is 2.38. The van der Waals surface area contributed by atoms with E-state index in [1.54, 1.807) is 29.2 Å². The number of aromatic nitrogens is 1. The minimum absolute atomic E-state index is 0.0127. The lowest BCUT2D eigenvalue weighted by Crippen LogP contribution is -2.50. The topological polar surface area (TPSA) is 50.9 Å². The summed E-state index contributed by atoms with van der Waals surface area (Å²) in [7, 11) is 0. The van der Waals surface area contributed by atoms with Gasteiger partial charge >= 0.3 is 12.3 Å². The first kappa shape index (κ1) is 22.1. The molecule has 0 atom stereocenters. The number of furan rings is 1. The largest absolute Gasteiger partial charge is 0.467 e. The second-order valence-electron chi connectivity index (χ2n) is 8.86. The van der Waals surface area contributed by atoms with Gasteiger partial charge in [-0.1, -0.05) is 6.07 Å². The van der Waals surface area contributed by atoms with E-state index in [2.05, 4.69) is 0 Å². The van der Waals surface area contributed by atoms with Crippen molar-refractivity contribution in [2.45, 2.75) is 39.1 Å². The van der Waals surface area contributed by atoms with Gasteiger partial charge in [-0.3, -0.25) is 0 Å². The van der Waals surface area contributed by atoms with E-state index in [1.165, 1.54) is 16.9 Å². The molecule has 0 saturated carbocycles. The number of anilines is 1. The summed E-state index contributed by atoms with van der Waals surface area (Å²) in [5.41, 5.74) is -0.0929. The molecule has 3 aromatic rings. The number of hydrogen-bond donors (Lipinski definition) is 0. The van der Waals surface area contributed by atoms with Crippen LogP contribution < -0.4 is 4.90 Å². The quantitative estimate of drug-likeness (QED) is 0.540. The number of nitrogens with zero attached hydrogens (tertiary/aromatic N) is 3. The van der Waals surface area contributed by atoms with Gasteiger partial charge in [-0.05, 0) is 51.1 Å². The molecule has 0 radical (unpaired) electrons. The second-order valence-corrected chi connectivity index (χ2v) is 8.86. The first-order chi connectivity index (χ1) is 15.0. The highest BCUT2D eigenvalue weighted by Gasteiger charge is 2.36. The summed E-state index contributed by atoms with van der Waals surface area (Å²) < 4.78 is 53.5. The molecule has 1 fully saturated rings. The van der Waals surface area contributed by atoms with Crippen LogP contribution in [0.25, 0.3) is 10.9 Å². The molecule has 1 aliphatic heterocycles. The predicted molar refractivity (Wildman–Crippen MR) is 115 cm³/mol. The third-order valence-electron chi connectivity index (χ3n) is 5.38. The number of fused-ring (bicyclic) bond motifs is 1. The first-order valence-electron chi connectivity index (χ1n) is 10.5. The lowest BCUT2D eigenvalue weighted by molar-refractivity contribution is -0.143. The van der Waals surface area contributed by atoms with Gasteiger partial charge in [0.15, 0.2) is 0 Å². The fourth-order valence-electron chi connectivity index (χ4n) is 3.96. The molecule has 2 aromatic heterocycles. The third-order valence-corrected chi connectivity index (χ3v) is 5.38. The zero-order valence-electron chi connectivity index (χ0n) is 18.3. The number of rotatable bonds is 3. The molecule has 172 valence electrons. The van der Waals surface area contributed by atoms with E-state index in [0.29, 0.717) is 42.8 Å². The van der Waals surface area contributed by atoms with Crippen LogP contribution in [0.1, 0.15) is 32.2 Å². The monoisotopic (exact) mass is 449 g/mol. The van der Waals surface area contributed by atoms with Crippen LogP contribution >= 0.6 is 0 Å². The van der Waals surface area contributed by atoms with Crippen molar-refractivity contribution in [3.8, 4) is 0 Å². The Balaban J connectivity index is 1.62. The molecular formula is C23H26F3N3O3. The molecule has 0 aliphatic carbocycles. The normalized spacial score (nSPS) is 15.4. The molecule has 9 heteroatoms. The minimum Gasteiger partial charge on any atom is -0.467 e. The van der Waals surface area contributed by atoms with Crippen LogP contribution in [0.5, 0.6) is 0 Å². The Kier molecular flexibility index (Phi) is 5.60. The van der Waals surface area contributed by atoms with Crippen molar-refractivity contribution in [2.24, 2.45) is 0 Å². The Morgan fingerprint density at radius 2 is 1.78 bits per heavy atom. The van der Waals surface area contributed by atoms with Crippen molar-refractivity contribution in [1.82, 2.24) is 9.47 Å². The molecule has 1 amide bonds. The number of carbonyl (C=O) groups excluding carboxylic acids is 1. The summed E-state index contributed by atoms with van der Waals surface area (Å²) in [6.07, 6.45) is -3.43. The average Bonchev–Trinajstić information content (AvgIpc) is 3.35. The van der Waals surface area contributed by atoms with Crippen molar-refractivity contribution in [3.05, 3.63) is 54.1 Å². The van der Waals surface area contributed by atoms with E-state index >= 15 is 0 Å². The molecule has 1 aliphatic rings. The Morgan fingerprint density at radius 3 is 2.38 bits per heavy atom. The third kappa shape index (κ3) is 4.56. The molecule has 4 rings (SSSR count). The van der Waals surface area contributed by atoms with Crippen LogP contribution in [-0.4, -0.2) is 47.3 Å². The fourth-order valence-corrected chi connectivity index (χ4v) is 3.96. The Hall–Kier alpha value is -3.10. The number of hydrogen-bond acceptors (Lipinski definition) is 4. The Labute approximate surface area is 184 Å². The van der Waals surface area contributed by atoms with Gasteiger partial charge in [-0.15, -0.1) is 0 Å². The zero-order valence-corrected chi connectivity index (χ0v) is 18.3. The van der Waals surface area contributed by atoms with Gasteiger partial charge in [0.05, 0.1) is 18.3 Å². The molecule has 0 N–H and O–H groups in total. The van der Waals surface area contributed by atoms with E-state index in [0.717, 1.165) is 5.69 Å². The molecule has 3 heterocycles. The lowest BCUT2D eigenvalue weighted by atomic mass is 10.1. The standard InChI is InChI=1S/C23H26F3N3O3/c1-22(2,3)32-21(30)28-11-9-27(10-12-28)18-7-4-8-19-17(18)14-20(23(24,25)26)29(19)15-16-6-5-13-31-16/h4-8,13-14H,9-12,15H2,1-3H3. The number of alkyl halides is 3. The summed E-state index contributed by atoms with van der Waals surface area (Å²) >= 11 is 0. The molecule has 0 bridgehead atoms. The summed E-state index contributed by atoms with van der Waals surface area (Å²) in [4.78, 5) is 16.0. The highest BCUT2D eigenvalue weighted by molar-refractivity contribution is 5.94. The predicted octanol–water partition coefficient (Wildman–Crippen LogP) is 5.36. The van der Waals surface area contributed by atoms with Gasteiger partial charge in [-0.25, -0.2) is 4.79 Å². The number of ether oxygens (including phenoxy) is 1. The Morgan fingerprint density at radius 1 is 1.06 bits per heavy atom. The van der Waals surface area contributed by atoms with E-state index < -0.39 is 17.5 Å². The number of halogens is 3. The highest BCUT2D eigenvalue weighted by atomic mass is 19.4. The van der Waals surface area contributed by atoms with Gasteiger partial charge in [0.25, 0.3) is 0 Å². The second kappa shape index (κ2) is 8.11. The maximum atomic E-state index is 13.8. The van der Waals surface area contributed by atoms with Crippen LogP contribution in [0.4, 0.5) is 23.7 Å². The molecular weight excluding hydrogens is 423 g/mol. The van der Waals surface area contributed by atoms with E-state index in [9.17, 15) is 18.0 Å². The summed E-state index contributed by atoms with van der Waals surface area (Å²) in [6, 6.07) is 9.79. The van der Waals surface area contributed by atoms with Crippen molar-refractivity contribution < 1.29 is 27.1 Å². The molecule has 1 saturated heterocycles. The van der Waals surface area contributed by atoms with Gasteiger partial charge in [0.2, 0.25) is 0 Å². The van der Waals surface area contributed by atoms with Crippen LogP contribution in [0, 0.1) is 0 Å². The molecule has 0 unspecified atom stereocenters. The van der Waals surface area contributed by atoms with Gasteiger partial charge in [-0.2, -0.15) is 13.2 Å². The maximum absolute atomic E-state index is 13.8. The summed E-state index contributed by atoms with van der Waals surface area (Å²) in [5.74, 6) is 0.448. The lowest BCUT2D eigenvalue weighted by Gasteiger charge is -2.37. The summed E-state index contributed by atoms with van der Waals surface area (Å²) in [6.45, 7) is 7.30. The first-order valence-corrected chi connectivity index (χ1v) is 10.5. The van der Waals surface area contributed by atoms with Gasteiger partial charge in [0.1, 0.15) is 17.1 Å². The smallest absolute Gasteiger partial charge is 0.431 e.